The molecule has 0 bridgehead atoms. The van der Waals surface area contributed by atoms with Crippen molar-refractivity contribution in [2.75, 3.05) is 6.54 Å². The van der Waals surface area contributed by atoms with Crippen LogP contribution in [0.15, 0.2) is 29.0 Å². The number of imidazole rings is 1. The summed E-state index contributed by atoms with van der Waals surface area (Å²) in [6, 6.07) is 6.39. The molecule has 0 radical (unpaired) electrons. The molecule has 1 heterocycles. The highest BCUT2D eigenvalue weighted by Crippen LogP contribution is 2.22. The Labute approximate surface area is 123 Å². The van der Waals surface area contributed by atoms with E-state index in [1.54, 1.807) is 0 Å². The lowest BCUT2D eigenvalue weighted by Crippen LogP contribution is -2.15. The zero-order chi connectivity index (χ0) is 13.8. The maximum absolute atomic E-state index is 4.38. The minimum absolute atomic E-state index is 0.874. The van der Waals surface area contributed by atoms with Gasteiger partial charge in [0.25, 0.3) is 0 Å². The van der Waals surface area contributed by atoms with Crippen LogP contribution in [0.25, 0.3) is 5.69 Å². The van der Waals surface area contributed by atoms with E-state index in [1.807, 2.05) is 13.3 Å². The zero-order valence-corrected chi connectivity index (χ0v) is 13.3. The summed E-state index contributed by atoms with van der Waals surface area (Å²) in [4.78, 5) is 4.38. The van der Waals surface area contributed by atoms with Gasteiger partial charge in [-0.1, -0.05) is 22.9 Å². The molecule has 0 saturated carbocycles. The number of nitrogens with zero attached hydrogens (tertiary/aromatic N) is 2. The molecule has 2 rings (SSSR count). The van der Waals surface area contributed by atoms with Crippen LogP contribution >= 0.6 is 15.9 Å². The molecule has 0 fully saturated rings. The van der Waals surface area contributed by atoms with Crippen LogP contribution in [0.3, 0.4) is 0 Å². The molecule has 1 N–H and O–H groups in total. The van der Waals surface area contributed by atoms with Crippen molar-refractivity contribution in [2.24, 2.45) is 0 Å². The summed E-state index contributed by atoms with van der Waals surface area (Å²) in [7, 11) is 0. The van der Waals surface area contributed by atoms with Gasteiger partial charge in [-0.3, -0.25) is 0 Å². The second-order valence-corrected chi connectivity index (χ2v) is 5.65. The van der Waals surface area contributed by atoms with Gasteiger partial charge < -0.3 is 9.88 Å². The second-order valence-electron chi connectivity index (χ2n) is 4.74. The van der Waals surface area contributed by atoms with Gasteiger partial charge >= 0.3 is 0 Å². The number of aryl methyl sites for hydroxylation is 1. The molecular weight excluding hydrogens is 302 g/mol. The molecule has 0 unspecified atom stereocenters. The maximum atomic E-state index is 4.38. The fourth-order valence-electron chi connectivity index (χ4n) is 2.07. The van der Waals surface area contributed by atoms with Crippen molar-refractivity contribution in [1.82, 2.24) is 14.9 Å². The number of nitrogens with one attached hydrogen (secondary N) is 1. The molecule has 0 atom stereocenters. The normalized spacial score (nSPS) is 10.9. The molecule has 1 aromatic heterocycles. The Morgan fingerprint density at radius 3 is 2.74 bits per heavy atom. The molecule has 0 spiro atoms. The first kappa shape index (κ1) is 14.3. The topological polar surface area (TPSA) is 29.9 Å². The fourth-order valence-corrected chi connectivity index (χ4v) is 2.48. The van der Waals surface area contributed by atoms with Crippen LogP contribution in [-0.4, -0.2) is 16.1 Å². The Bertz CT molecular complexity index is 561. The summed E-state index contributed by atoms with van der Waals surface area (Å²) >= 11 is 3.55. The fraction of sp³-hybridized carbons (Fsp3) is 0.400. The molecule has 19 heavy (non-hydrogen) atoms. The lowest BCUT2D eigenvalue weighted by Gasteiger charge is -2.13. The SMILES string of the molecule is CCCNCc1cc(Br)ccc1-n1cnc(C)c1C. The highest BCUT2D eigenvalue weighted by atomic mass is 79.9. The lowest BCUT2D eigenvalue weighted by molar-refractivity contribution is 0.672. The molecule has 3 nitrogen and oxygen atoms in total. The Hall–Kier alpha value is -1.13. The van der Waals surface area contributed by atoms with E-state index < -0.39 is 0 Å². The summed E-state index contributed by atoms with van der Waals surface area (Å²) < 4.78 is 3.27. The summed E-state index contributed by atoms with van der Waals surface area (Å²) in [5.74, 6) is 0. The zero-order valence-electron chi connectivity index (χ0n) is 11.7. The maximum Gasteiger partial charge on any atom is 0.0997 e. The van der Waals surface area contributed by atoms with Crippen LogP contribution in [0, 0.1) is 13.8 Å². The molecule has 0 saturated heterocycles. The van der Waals surface area contributed by atoms with Crippen LogP contribution in [0.5, 0.6) is 0 Å². The van der Waals surface area contributed by atoms with E-state index in [-0.39, 0.29) is 0 Å². The number of rotatable bonds is 5. The Morgan fingerprint density at radius 1 is 1.32 bits per heavy atom. The largest absolute Gasteiger partial charge is 0.313 e. The molecule has 1 aromatic carbocycles. The third-order valence-corrected chi connectivity index (χ3v) is 3.79. The molecule has 0 aliphatic heterocycles. The van der Waals surface area contributed by atoms with Crippen molar-refractivity contribution >= 4 is 15.9 Å². The van der Waals surface area contributed by atoms with Gasteiger partial charge in [0.1, 0.15) is 0 Å². The predicted octanol–water partition coefficient (Wildman–Crippen LogP) is 3.75. The molecule has 0 aliphatic rings. The third-order valence-electron chi connectivity index (χ3n) is 3.30. The first-order valence-corrected chi connectivity index (χ1v) is 7.42. The van der Waals surface area contributed by atoms with Crippen molar-refractivity contribution in [3.63, 3.8) is 0 Å². The van der Waals surface area contributed by atoms with Crippen LogP contribution in [0.2, 0.25) is 0 Å². The summed E-state index contributed by atoms with van der Waals surface area (Å²) in [6.07, 6.45) is 3.05. The average Bonchev–Trinajstić information content (AvgIpc) is 2.71. The number of aromatic nitrogens is 2. The van der Waals surface area contributed by atoms with E-state index in [0.717, 1.165) is 29.7 Å². The molecule has 102 valence electrons. The number of halogens is 1. The predicted molar refractivity (Wildman–Crippen MR) is 82.7 cm³/mol. The van der Waals surface area contributed by atoms with Gasteiger partial charge in [-0.05, 0) is 50.6 Å². The quantitative estimate of drug-likeness (QED) is 0.850. The molecular formula is C15H20BrN3. The van der Waals surface area contributed by atoms with Gasteiger partial charge in [0.05, 0.1) is 17.7 Å². The van der Waals surface area contributed by atoms with E-state index in [4.69, 9.17) is 0 Å². The van der Waals surface area contributed by atoms with Crippen molar-refractivity contribution in [3.05, 3.63) is 46.0 Å². The van der Waals surface area contributed by atoms with Gasteiger partial charge in [-0.25, -0.2) is 4.98 Å². The smallest absolute Gasteiger partial charge is 0.0997 e. The van der Waals surface area contributed by atoms with E-state index in [2.05, 4.69) is 62.8 Å². The molecule has 2 aromatic rings. The number of benzene rings is 1. The van der Waals surface area contributed by atoms with Gasteiger partial charge in [0, 0.05) is 16.7 Å². The van der Waals surface area contributed by atoms with E-state index in [9.17, 15) is 0 Å². The van der Waals surface area contributed by atoms with Crippen LogP contribution in [-0.2, 0) is 6.54 Å². The number of hydrogen-bond donors (Lipinski definition) is 1. The Morgan fingerprint density at radius 2 is 2.11 bits per heavy atom. The molecule has 4 heteroatoms. The van der Waals surface area contributed by atoms with Crippen molar-refractivity contribution < 1.29 is 0 Å². The summed E-state index contributed by atoms with van der Waals surface area (Å²) in [5.41, 5.74) is 4.75. The summed E-state index contributed by atoms with van der Waals surface area (Å²) in [5, 5.41) is 3.46. The van der Waals surface area contributed by atoms with Crippen molar-refractivity contribution in [2.45, 2.75) is 33.7 Å². The highest BCUT2D eigenvalue weighted by Gasteiger charge is 2.09. The first-order valence-electron chi connectivity index (χ1n) is 6.63. The minimum Gasteiger partial charge on any atom is -0.313 e. The minimum atomic E-state index is 0.874. The average molecular weight is 322 g/mol. The molecule has 0 amide bonds. The van der Waals surface area contributed by atoms with Crippen LogP contribution in [0.4, 0.5) is 0 Å². The monoisotopic (exact) mass is 321 g/mol. The van der Waals surface area contributed by atoms with E-state index in [1.165, 1.54) is 16.9 Å². The molecule has 0 aliphatic carbocycles. The van der Waals surface area contributed by atoms with Crippen molar-refractivity contribution in [3.8, 4) is 5.69 Å². The van der Waals surface area contributed by atoms with Gasteiger partial charge in [-0.15, -0.1) is 0 Å². The van der Waals surface area contributed by atoms with Crippen LogP contribution < -0.4 is 5.32 Å². The second kappa shape index (κ2) is 6.35. The van der Waals surface area contributed by atoms with E-state index in [0.29, 0.717) is 0 Å². The first-order chi connectivity index (χ1) is 9.13. The standard InChI is InChI=1S/C15H20BrN3/c1-4-7-17-9-13-8-14(16)5-6-15(13)19-10-18-11(2)12(19)3/h5-6,8,10,17H,4,7,9H2,1-3H3. The lowest BCUT2D eigenvalue weighted by atomic mass is 10.1. The Kier molecular flexibility index (Phi) is 4.77. The van der Waals surface area contributed by atoms with E-state index >= 15 is 0 Å². The van der Waals surface area contributed by atoms with Gasteiger partial charge in [-0.2, -0.15) is 0 Å². The Balaban J connectivity index is 2.36. The highest BCUT2D eigenvalue weighted by molar-refractivity contribution is 9.10. The summed E-state index contributed by atoms with van der Waals surface area (Å²) in [6.45, 7) is 8.23. The number of hydrogen-bond acceptors (Lipinski definition) is 2. The van der Waals surface area contributed by atoms with Gasteiger partial charge in [0.2, 0.25) is 0 Å². The third kappa shape index (κ3) is 3.25. The van der Waals surface area contributed by atoms with Crippen LogP contribution in [0.1, 0.15) is 30.3 Å². The van der Waals surface area contributed by atoms with Gasteiger partial charge in [0.15, 0.2) is 0 Å². The van der Waals surface area contributed by atoms with Crippen molar-refractivity contribution in [1.29, 1.82) is 0 Å².